The number of hydrogen-bond donors (Lipinski definition) is 0. The number of rotatable bonds is 1. The first kappa shape index (κ1) is 12.6. The van der Waals surface area contributed by atoms with Crippen LogP contribution in [0.3, 0.4) is 0 Å². The quantitative estimate of drug-likeness (QED) is 0.560. The summed E-state index contributed by atoms with van der Waals surface area (Å²) in [6.07, 6.45) is 0.739. The molecule has 0 unspecified atom stereocenters. The molecule has 0 spiro atoms. The number of methoxy groups -OCH3 is 1. The molecule has 0 amide bonds. The van der Waals surface area contributed by atoms with Gasteiger partial charge in [0.2, 0.25) is 0 Å². The Labute approximate surface area is 96.7 Å². The summed E-state index contributed by atoms with van der Waals surface area (Å²) in [5.41, 5.74) is 0.425. The predicted octanol–water partition coefficient (Wildman–Crippen LogP) is 2.20. The Bertz CT molecular complexity index is 576. The molecule has 0 aliphatic carbocycles. The molecule has 0 atom stereocenters. The van der Waals surface area contributed by atoms with Crippen LogP contribution in [0.2, 0.25) is 0 Å². The first-order valence-electron chi connectivity index (χ1n) is 4.34. The number of carbonyl (C=O) groups excluding carboxylic acids is 1. The van der Waals surface area contributed by atoms with Gasteiger partial charge in [-0.05, 0) is 6.07 Å². The number of ether oxygens (including phenoxy) is 1. The predicted molar refractivity (Wildman–Crippen MR) is 60.9 cm³/mol. The second-order valence-corrected chi connectivity index (χ2v) is 3.03. The molecule has 0 saturated carbocycles. The van der Waals surface area contributed by atoms with Crippen molar-refractivity contribution >= 4 is 22.7 Å². The largest absolute Gasteiger partial charge is 0.451 e. The van der Waals surface area contributed by atoms with Crippen molar-refractivity contribution in [1.29, 1.82) is 0 Å². The molecule has 7 nitrogen and oxygen atoms in total. The maximum absolute atomic E-state index is 11.3. The topological polar surface area (TPSA) is 87.3 Å². The van der Waals surface area contributed by atoms with Crippen molar-refractivity contribution in [3.63, 3.8) is 0 Å². The Morgan fingerprint density at radius 2 is 2.24 bits per heavy atom. The van der Waals surface area contributed by atoms with Crippen molar-refractivity contribution in [2.75, 3.05) is 7.11 Å². The zero-order valence-corrected chi connectivity index (χ0v) is 8.28. The second kappa shape index (κ2) is 4.60. The highest BCUT2D eigenvalue weighted by molar-refractivity contribution is 5.88. The minimum absolute atomic E-state index is 0. The number of hydrogen-bond acceptors (Lipinski definition) is 5. The van der Waals surface area contributed by atoms with Crippen molar-refractivity contribution in [1.82, 2.24) is 9.78 Å². The van der Waals surface area contributed by atoms with Crippen LogP contribution < -0.4 is 0 Å². The van der Waals surface area contributed by atoms with Gasteiger partial charge in [0.25, 0.3) is 5.69 Å². The molecule has 17 heavy (non-hydrogen) atoms. The molecule has 0 aliphatic rings. The summed E-state index contributed by atoms with van der Waals surface area (Å²) in [6, 6.07) is 4.11. The minimum Gasteiger partial charge on any atom is -0.451 e. The number of nitro groups is 1. The lowest BCUT2D eigenvalue weighted by Crippen LogP contribution is -2.12. The van der Waals surface area contributed by atoms with E-state index in [1.54, 1.807) is 0 Å². The molecule has 1 aromatic carbocycles. The molecule has 1 aromatic heterocycles. The summed E-state index contributed by atoms with van der Waals surface area (Å²) in [5.74, 6) is 0. The van der Waals surface area contributed by atoms with E-state index in [4.69, 9.17) is 0 Å². The number of fused-ring (bicyclic) bond motifs is 1. The van der Waals surface area contributed by atoms with Crippen LogP contribution in [-0.2, 0) is 4.74 Å². The van der Waals surface area contributed by atoms with E-state index in [0.29, 0.717) is 10.9 Å². The highest BCUT2D eigenvalue weighted by Crippen LogP contribution is 2.20. The SMILES string of the molecule is C.COC(=O)n1ncc2cc([N+](=O)[O-])ccc21. The van der Waals surface area contributed by atoms with Crippen LogP contribution in [0.1, 0.15) is 7.43 Å². The highest BCUT2D eigenvalue weighted by atomic mass is 16.6. The average Bonchev–Trinajstić information content (AvgIpc) is 2.70. The van der Waals surface area contributed by atoms with Crippen LogP contribution in [0, 0.1) is 10.1 Å². The third-order valence-corrected chi connectivity index (χ3v) is 2.11. The number of nitrogens with zero attached hydrogens (tertiary/aromatic N) is 3. The van der Waals surface area contributed by atoms with Crippen LogP contribution in [0.25, 0.3) is 10.9 Å². The van der Waals surface area contributed by atoms with Crippen LogP contribution in [0.4, 0.5) is 10.5 Å². The average molecular weight is 237 g/mol. The molecule has 0 N–H and O–H groups in total. The number of carbonyl (C=O) groups is 1. The maximum Gasteiger partial charge on any atom is 0.434 e. The van der Waals surface area contributed by atoms with Crippen LogP contribution in [0.15, 0.2) is 24.4 Å². The molecule has 7 heteroatoms. The summed E-state index contributed by atoms with van der Waals surface area (Å²) in [4.78, 5) is 21.3. The summed E-state index contributed by atoms with van der Waals surface area (Å²) in [7, 11) is 1.24. The smallest absolute Gasteiger partial charge is 0.434 e. The lowest BCUT2D eigenvalue weighted by molar-refractivity contribution is -0.384. The molecule has 0 fully saturated rings. The molecular formula is C10H11N3O4. The van der Waals surface area contributed by atoms with E-state index in [0.717, 1.165) is 4.68 Å². The first-order valence-corrected chi connectivity index (χ1v) is 4.34. The summed E-state index contributed by atoms with van der Waals surface area (Å²) in [5, 5.41) is 14.8. The fourth-order valence-electron chi connectivity index (χ4n) is 1.37. The van der Waals surface area contributed by atoms with E-state index < -0.39 is 11.0 Å². The van der Waals surface area contributed by atoms with E-state index >= 15 is 0 Å². The van der Waals surface area contributed by atoms with Crippen LogP contribution >= 0.6 is 0 Å². The van der Waals surface area contributed by atoms with Gasteiger partial charge in [0.05, 0.1) is 23.7 Å². The van der Waals surface area contributed by atoms with Crippen molar-refractivity contribution < 1.29 is 14.5 Å². The van der Waals surface area contributed by atoms with E-state index in [9.17, 15) is 14.9 Å². The van der Waals surface area contributed by atoms with Gasteiger partial charge in [-0.15, -0.1) is 0 Å². The molecular weight excluding hydrogens is 226 g/mol. The van der Waals surface area contributed by atoms with Crippen LogP contribution in [0.5, 0.6) is 0 Å². The summed E-state index contributed by atoms with van der Waals surface area (Å²) >= 11 is 0. The van der Waals surface area contributed by atoms with Gasteiger partial charge >= 0.3 is 6.09 Å². The van der Waals surface area contributed by atoms with Crippen molar-refractivity contribution in [2.24, 2.45) is 0 Å². The second-order valence-electron chi connectivity index (χ2n) is 3.03. The first-order chi connectivity index (χ1) is 7.63. The van der Waals surface area contributed by atoms with Gasteiger partial charge in [0.1, 0.15) is 0 Å². The summed E-state index contributed by atoms with van der Waals surface area (Å²) < 4.78 is 5.55. The van der Waals surface area contributed by atoms with Gasteiger partial charge in [-0.1, -0.05) is 7.43 Å². The molecule has 2 aromatic rings. The summed E-state index contributed by atoms with van der Waals surface area (Å²) in [6.45, 7) is 0. The lowest BCUT2D eigenvalue weighted by atomic mass is 10.2. The monoisotopic (exact) mass is 237 g/mol. The molecule has 0 saturated heterocycles. The van der Waals surface area contributed by atoms with Gasteiger partial charge in [-0.3, -0.25) is 10.1 Å². The molecule has 1 heterocycles. The fraction of sp³-hybridized carbons (Fsp3) is 0.200. The lowest BCUT2D eigenvalue weighted by Gasteiger charge is -1.99. The highest BCUT2D eigenvalue weighted by Gasteiger charge is 2.13. The van der Waals surface area contributed by atoms with E-state index in [1.165, 1.54) is 31.5 Å². The maximum atomic E-state index is 11.3. The zero-order valence-electron chi connectivity index (χ0n) is 8.28. The standard InChI is InChI=1S/C9H7N3O4.CH4/c1-16-9(13)11-8-3-2-7(12(14)15)4-6(8)5-10-11;/h2-5H,1H3;1H4. The number of nitro benzene ring substituents is 1. The third-order valence-electron chi connectivity index (χ3n) is 2.11. The Kier molecular flexibility index (Phi) is 3.42. The Balaban J connectivity index is 0.00000144. The number of aromatic nitrogens is 2. The van der Waals surface area contributed by atoms with Gasteiger partial charge < -0.3 is 4.74 Å². The normalized spacial score (nSPS) is 9.71. The van der Waals surface area contributed by atoms with E-state index in [-0.39, 0.29) is 13.1 Å². The fourth-order valence-corrected chi connectivity index (χ4v) is 1.37. The van der Waals surface area contributed by atoms with Crippen molar-refractivity contribution in [3.05, 3.63) is 34.5 Å². The zero-order chi connectivity index (χ0) is 11.7. The van der Waals surface area contributed by atoms with Gasteiger partial charge in [0.15, 0.2) is 0 Å². The van der Waals surface area contributed by atoms with Gasteiger partial charge in [-0.2, -0.15) is 9.78 Å². The minimum atomic E-state index is -0.635. The van der Waals surface area contributed by atoms with Crippen molar-refractivity contribution in [3.8, 4) is 0 Å². The molecule has 0 bridgehead atoms. The van der Waals surface area contributed by atoms with Gasteiger partial charge in [0, 0.05) is 17.5 Å². The molecule has 0 aliphatic heterocycles. The Morgan fingerprint density at radius 3 is 2.82 bits per heavy atom. The Morgan fingerprint density at radius 1 is 1.53 bits per heavy atom. The number of non-ortho nitro benzene ring substituents is 1. The molecule has 0 radical (unpaired) electrons. The molecule has 90 valence electrons. The Hall–Kier alpha value is -2.44. The molecule has 2 rings (SSSR count). The van der Waals surface area contributed by atoms with Crippen molar-refractivity contribution in [2.45, 2.75) is 7.43 Å². The number of benzene rings is 1. The third kappa shape index (κ3) is 2.07. The van der Waals surface area contributed by atoms with E-state index in [1.807, 2.05) is 0 Å². The van der Waals surface area contributed by atoms with Gasteiger partial charge in [-0.25, -0.2) is 4.79 Å². The van der Waals surface area contributed by atoms with Crippen LogP contribution in [-0.4, -0.2) is 27.9 Å². The van der Waals surface area contributed by atoms with E-state index in [2.05, 4.69) is 9.84 Å².